The highest BCUT2D eigenvalue weighted by Crippen LogP contribution is 2.42. The number of methoxy groups -OCH3 is 1. The zero-order valence-electron chi connectivity index (χ0n) is 17.7. The fourth-order valence-electron chi connectivity index (χ4n) is 3.87. The summed E-state index contributed by atoms with van der Waals surface area (Å²) >= 11 is 6.14. The molecule has 2 aromatic rings. The summed E-state index contributed by atoms with van der Waals surface area (Å²) in [5, 5.41) is 3.72. The van der Waals surface area contributed by atoms with Crippen LogP contribution < -0.4 is 9.62 Å². The second-order valence-electron chi connectivity index (χ2n) is 7.61. The molecule has 0 saturated heterocycles. The van der Waals surface area contributed by atoms with Crippen molar-refractivity contribution in [1.29, 1.82) is 0 Å². The minimum atomic E-state index is -3.83. The first-order valence-corrected chi connectivity index (χ1v) is 12.0. The summed E-state index contributed by atoms with van der Waals surface area (Å²) in [4.78, 5) is 11.3. The van der Waals surface area contributed by atoms with Crippen LogP contribution in [0.3, 0.4) is 0 Å². The van der Waals surface area contributed by atoms with E-state index in [1.54, 1.807) is 24.3 Å². The van der Waals surface area contributed by atoms with E-state index in [4.69, 9.17) is 19.4 Å². The normalized spacial score (nSPS) is 19.3. The van der Waals surface area contributed by atoms with Gasteiger partial charge in [-0.05, 0) is 48.7 Å². The van der Waals surface area contributed by atoms with E-state index in [0.717, 1.165) is 25.7 Å². The van der Waals surface area contributed by atoms with Crippen molar-refractivity contribution in [2.24, 2.45) is 0 Å². The van der Waals surface area contributed by atoms with Gasteiger partial charge in [-0.25, -0.2) is 8.42 Å². The first-order chi connectivity index (χ1) is 14.7. The van der Waals surface area contributed by atoms with Gasteiger partial charge in [0.15, 0.2) is 0 Å². The van der Waals surface area contributed by atoms with Gasteiger partial charge in [0.2, 0.25) is 0 Å². The minimum absolute atomic E-state index is 0.0896. The van der Waals surface area contributed by atoms with Crippen molar-refractivity contribution in [3.05, 3.63) is 58.6 Å². The minimum Gasteiger partial charge on any atom is -0.469 e. The molecule has 1 aliphatic rings. The van der Waals surface area contributed by atoms with E-state index < -0.39 is 15.5 Å². The number of carbonyl (C=O) groups is 1. The fraction of sp³-hybridized carbons (Fsp3) is 0.409. The number of hydrogen-bond acceptors (Lipinski definition) is 5. The van der Waals surface area contributed by atoms with Gasteiger partial charge < -0.3 is 10.1 Å². The molecule has 1 aliphatic heterocycles. The predicted molar refractivity (Wildman–Crippen MR) is 123 cm³/mol. The average Bonchev–Trinajstić information content (AvgIpc) is 2.81. The van der Waals surface area contributed by atoms with Crippen molar-refractivity contribution in [2.45, 2.75) is 42.4 Å². The molecule has 0 bridgehead atoms. The Morgan fingerprint density at radius 1 is 1.13 bits per heavy atom. The van der Waals surface area contributed by atoms with Gasteiger partial charge in [0.05, 0.1) is 17.7 Å². The molecule has 31 heavy (non-hydrogen) atoms. The second-order valence-corrected chi connectivity index (χ2v) is 9.98. The summed E-state index contributed by atoms with van der Waals surface area (Å²) in [6.07, 6.45) is 3.82. The van der Waals surface area contributed by atoms with Gasteiger partial charge in [0.25, 0.3) is 10.0 Å². The monoisotopic (exact) mass is 460 g/mol. The molecule has 0 saturated carbocycles. The van der Waals surface area contributed by atoms with Gasteiger partial charge in [-0.3, -0.25) is 9.10 Å². The lowest BCUT2D eigenvalue weighted by Crippen LogP contribution is -2.45. The van der Waals surface area contributed by atoms with Gasteiger partial charge in [0, 0.05) is 23.9 Å². The Bertz CT molecular complexity index is 1060. The molecule has 2 radical (unpaired) electrons. The first kappa shape index (κ1) is 23.6. The lowest BCUT2D eigenvalue weighted by molar-refractivity contribution is -0.140. The maximum Gasteiger partial charge on any atom is 0.305 e. The number of rotatable bonds is 8. The van der Waals surface area contributed by atoms with Crippen LogP contribution in [0.4, 0.5) is 5.69 Å². The van der Waals surface area contributed by atoms with E-state index in [2.05, 4.69) is 10.1 Å². The quantitative estimate of drug-likeness (QED) is 0.370. The number of para-hydroxylation sites is 1. The van der Waals surface area contributed by atoms with Crippen LogP contribution >= 0.6 is 11.6 Å². The van der Waals surface area contributed by atoms with E-state index in [1.165, 1.54) is 24.5 Å². The van der Waals surface area contributed by atoms with Crippen LogP contribution in [0.1, 0.15) is 43.2 Å². The average molecular weight is 461 g/mol. The zero-order chi connectivity index (χ0) is 22.6. The van der Waals surface area contributed by atoms with E-state index >= 15 is 0 Å². The Kier molecular flexibility index (Phi) is 7.34. The summed E-state index contributed by atoms with van der Waals surface area (Å²) in [6.45, 7) is 0.578. The van der Waals surface area contributed by atoms with Gasteiger partial charge in [-0.1, -0.05) is 48.7 Å². The van der Waals surface area contributed by atoms with Crippen molar-refractivity contribution in [3.63, 3.8) is 0 Å². The molecule has 2 aromatic carbocycles. The third-order valence-electron chi connectivity index (χ3n) is 5.61. The number of nitrogens with one attached hydrogen (secondary N) is 1. The number of unbranched alkanes of at least 4 members (excludes halogenated alkanes) is 3. The Morgan fingerprint density at radius 2 is 1.84 bits per heavy atom. The van der Waals surface area contributed by atoms with Gasteiger partial charge in [-0.2, -0.15) is 0 Å². The summed E-state index contributed by atoms with van der Waals surface area (Å²) < 4.78 is 32.5. The predicted octanol–water partition coefficient (Wildman–Crippen LogP) is 3.56. The van der Waals surface area contributed by atoms with Gasteiger partial charge in [-0.15, -0.1) is 0 Å². The standard InChI is InChI=1S/C22H26BClN2O4S/c1-26-19-10-7-6-9-17(19)22(23,25-14-8-4-3-5-11-21(27)30-2)18-13-12-16(24)15-20(18)31(26,28)29/h6-7,9-10,12-13,15,25H,3-5,8,11,14H2,1-2H3. The zero-order valence-corrected chi connectivity index (χ0v) is 19.3. The number of ether oxygens (including phenoxy) is 1. The Labute approximate surface area is 190 Å². The van der Waals surface area contributed by atoms with E-state index in [1.807, 2.05) is 12.1 Å². The Morgan fingerprint density at radius 3 is 2.58 bits per heavy atom. The Balaban J connectivity index is 1.87. The third kappa shape index (κ3) is 4.76. The highest BCUT2D eigenvalue weighted by Gasteiger charge is 2.41. The van der Waals surface area contributed by atoms with Gasteiger partial charge >= 0.3 is 5.97 Å². The molecule has 0 spiro atoms. The Hall–Kier alpha value is -2.03. The summed E-state index contributed by atoms with van der Waals surface area (Å²) in [5.41, 5.74) is 0.440. The van der Waals surface area contributed by atoms with Crippen LogP contribution in [0.2, 0.25) is 5.02 Å². The van der Waals surface area contributed by atoms with Crippen LogP contribution in [0.15, 0.2) is 47.4 Å². The van der Waals surface area contributed by atoms with Crippen LogP contribution in [-0.4, -0.2) is 42.9 Å². The summed E-state index contributed by atoms with van der Waals surface area (Å²) in [6, 6.07) is 12.0. The topological polar surface area (TPSA) is 75.7 Å². The maximum absolute atomic E-state index is 13.3. The van der Waals surface area contributed by atoms with E-state index in [0.29, 0.717) is 34.8 Å². The summed E-state index contributed by atoms with van der Waals surface area (Å²) in [7, 11) is 5.98. The van der Waals surface area contributed by atoms with E-state index in [-0.39, 0.29) is 10.9 Å². The molecular weight excluding hydrogens is 435 g/mol. The number of halogens is 1. The molecule has 1 unspecified atom stereocenters. The van der Waals surface area contributed by atoms with Crippen molar-refractivity contribution < 1.29 is 17.9 Å². The van der Waals surface area contributed by atoms with E-state index in [9.17, 15) is 13.2 Å². The smallest absolute Gasteiger partial charge is 0.305 e. The largest absolute Gasteiger partial charge is 0.469 e. The summed E-state index contributed by atoms with van der Waals surface area (Å²) in [5.74, 6) is -0.199. The number of fused-ring (bicyclic) bond motifs is 2. The van der Waals surface area contributed by atoms with Crippen LogP contribution in [0, 0.1) is 0 Å². The number of nitrogens with zero attached hydrogens (tertiary/aromatic N) is 1. The number of hydrogen-bond donors (Lipinski definition) is 1. The molecular formula is C22H26BClN2O4S. The molecule has 0 aromatic heterocycles. The fourth-order valence-corrected chi connectivity index (χ4v) is 5.60. The van der Waals surface area contributed by atoms with Crippen molar-refractivity contribution in [1.82, 2.24) is 5.32 Å². The van der Waals surface area contributed by atoms with Crippen molar-refractivity contribution in [2.75, 3.05) is 25.0 Å². The lowest BCUT2D eigenvalue weighted by Gasteiger charge is -2.34. The first-order valence-electron chi connectivity index (χ1n) is 10.2. The highest BCUT2D eigenvalue weighted by atomic mass is 35.5. The van der Waals surface area contributed by atoms with Crippen molar-refractivity contribution >= 4 is 41.1 Å². The molecule has 6 nitrogen and oxygen atoms in total. The van der Waals surface area contributed by atoms with Gasteiger partial charge in [0.1, 0.15) is 7.85 Å². The van der Waals surface area contributed by atoms with Crippen LogP contribution in [0.5, 0.6) is 0 Å². The molecule has 0 amide bonds. The number of benzene rings is 2. The highest BCUT2D eigenvalue weighted by molar-refractivity contribution is 7.92. The molecule has 9 heteroatoms. The van der Waals surface area contributed by atoms with Crippen LogP contribution in [-0.2, 0) is 25.0 Å². The molecule has 1 heterocycles. The molecule has 1 atom stereocenters. The molecule has 0 fully saturated rings. The molecule has 164 valence electrons. The SMILES string of the molecule is [B]C1(NCCCCCCC(=O)OC)c2ccccc2N(C)S(=O)(=O)c2cc(Cl)ccc21. The molecule has 0 aliphatic carbocycles. The lowest BCUT2D eigenvalue weighted by atomic mass is 9.66. The van der Waals surface area contributed by atoms with Crippen LogP contribution in [0.25, 0.3) is 0 Å². The number of esters is 1. The second kappa shape index (κ2) is 9.63. The molecule has 3 rings (SSSR count). The third-order valence-corrected chi connectivity index (χ3v) is 7.66. The number of carbonyl (C=O) groups excluding carboxylic acids is 1. The van der Waals surface area contributed by atoms with Crippen molar-refractivity contribution in [3.8, 4) is 0 Å². The maximum atomic E-state index is 13.3. The number of sulfonamides is 1. The number of anilines is 1. The molecule has 1 N–H and O–H groups in total.